The van der Waals surface area contributed by atoms with Crippen LogP contribution in [0.2, 0.25) is 0 Å². The van der Waals surface area contributed by atoms with Crippen LogP contribution in [0.5, 0.6) is 0 Å². The van der Waals surface area contributed by atoms with Crippen molar-refractivity contribution in [1.29, 1.82) is 0 Å². The van der Waals surface area contributed by atoms with Gasteiger partial charge in [0.05, 0.1) is 0 Å². The lowest BCUT2D eigenvalue weighted by Gasteiger charge is -2.09. The minimum absolute atomic E-state index is 0.0625. The van der Waals surface area contributed by atoms with Crippen molar-refractivity contribution < 1.29 is 4.39 Å². The molecule has 0 radical (unpaired) electrons. The summed E-state index contributed by atoms with van der Waals surface area (Å²) in [7, 11) is 0. The predicted octanol–water partition coefficient (Wildman–Crippen LogP) is 2.02. The Kier molecular flexibility index (Phi) is 3.17. The summed E-state index contributed by atoms with van der Waals surface area (Å²) in [4.78, 5) is 3.46. The van der Waals surface area contributed by atoms with Crippen molar-refractivity contribution >= 4 is 0 Å². The van der Waals surface area contributed by atoms with Crippen LogP contribution in [0.1, 0.15) is 31.4 Å². The van der Waals surface area contributed by atoms with E-state index in [9.17, 15) is 4.39 Å². The lowest BCUT2D eigenvalue weighted by molar-refractivity contribution is 0.570. The van der Waals surface area contributed by atoms with Crippen molar-refractivity contribution in [3.63, 3.8) is 0 Å². The second kappa shape index (κ2) is 4.16. The number of pyridine rings is 1. The number of nitrogens with two attached hydrogens (primary N) is 1. The molecule has 1 atom stereocenters. The number of hydrogen-bond donors (Lipinski definition) is 1. The summed E-state index contributed by atoms with van der Waals surface area (Å²) >= 11 is 0. The van der Waals surface area contributed by atoms with Gasteiger partial charge in [0.15, 0.2) is 0 Å². The third-order valence-electron chi connectivity index (χ3n) is 1.78. The Hall–Kier alpha value is -0.960. The monoisotopic (exact) mass is 168 g/mol. The van der Waals surface area contributed by atoms with E-state index in [0.717, 1.165) is 18.4 Å². The van der Waals surface area contributed by atoms with E-state index in [4.69, 9.17) is 5.73 Å². The van der Waals surface area contributed by atoms with Crippen LogP contribution in [0.4, 0.5) is 4.39 Å². The minimum atomic E-state index is -0.459. The van der Waals surface area contributed by atoms with E-state index in [1.54, 1.807) is 6.07 Å². The third kappa shape index (κ3) is 2.27. The van der Waals surface area contributed by atoms with Crippen molar-refractivity contribution in [3.8, 4) is 0 Å². The van der Waals surface area contributed by atoms with Crippen molar-refractivity contribution in [3.05, 3.63) is 29.8 Å². The molecular weight excluding hydrogens is 155 g/mol. The summed E-state index contributed by atoms with van der Waals surface area (Å²) in [5, 5.41) is 0. The minimum Gasteiger partial charge on any atom is -0.324 e. The summed E-state index contributed by atoms with van der Waals surface area (Å²) in [6, 6.07) is 3.08. The Bertz CT molecular complexity index is 250. The van der Waals surface area contributed by atoms with Gasteiger partial charge >= 0.3 is 0 Å². The largest absolute Gasteiger partial charge is 0.324 e. The number of nitrogens with zero attached hydrogens (tertiary/aromatic N) is 1. The molecule has 0 bridgehead atoms. The molecule has 0 spiro atoms. The zero-order valence-electron chi connectivity index (χ0n) is 7.13. The van der Waals surface area contributed by atoms with E-state index < -0.39 is 5.95 Å². The van der Waals surface area contributed by atoms with Crippen molar-refractivity contribution in [2.24, 2.45) is 5.73 Å². The summed E-state index contributed by atoms with van der Waals surface area (Å²) in [5.74, 6) is -0.459. The Balaban J connectivity index is 2.73. The standard InChI is InChI=1S/C9H13FN2/c1-2-3-8(11)7-4-5-12-9(10)6-7/h4-6,8H,2-3,11H2,1H3/t8-/m1/s1. The quantitative estimate of drug-likeness (QED) is 0.701. The fraction of sp³-hybridized carbons (Fsp3) is 0.444. The third-order valence-corrected chi connectivity index (χ3v) is 1.78. The zero-order valence-corrected chi connectivity index (χ0v) is 7.13. The van der Waals surface area contributed by atoms with Gasteiger partial charge in [0.1, 0.15) is 0 Å². The summed E-state index contributed by atoms with van der Waals surface area (Å²) < 4.78 is 12.6. The highest BCUT2D eigenvalue weighted by Crippen LogP contribution is 2.14. The molecule has 0 aliphatic rings. The first-order chi connectivity index (χ1) is 5.74. The first kappa shape index (κ1) is 9.13. The molecule has 0 aromatic carbocycles. The topological polar surface area (TPSA) is 38.9 Å². The first-order valence-electron chi connectivity index (χ1n) is 4.11. The molecule has 0 amide bonds. The zero-order chi connectivity index (χ0) is 8.97. The van der Waals surface area contributed by atoms with Crippen LogP contribution >= 0.6 is 0 Å². The molecule has 1 heterocycles. The Morgan fingerprint density at radius 2 is 2.42 bits per heavy atom. The number of rotatable bonds is 3. The lowest BCUT2D eigenvalue weighted by Crippen LogP contribution is -2.10. The van der Waals surface area contributed by atoms with E-state index in [0.29, 0.717) is 0 Å². The summed E-state index contributed by atoms with van der Waals surface area (Å²) in [5.41, 5.74) is 6.60. The molecule has 1 aromatic rings. The predicted molar refractivity (Wildman–Crippen MR) is 46.0 cm³/mol. The maximum Gasteiger partial charge on any atom is 0.213 e. The van der Waals surface area contributed by atoms with Crippen LogP contribution < -0.4 is 5.73 Å². The van der Waals surface area contributed by atoms with E-state index in [-0.39, 0.29) is 6.04 Å². The molecule has 0 aliphatic heterocycles. The maximum atomic E-state index is 12.6. The van der Waals surface area contributed by atoms with Crippen LogP contribution in [0, 0.1) is 5.95 Å². The molecule has 0 unspecified atom stereocenters. The highest BCUT2D eigenvalue weighted by molar-refractivity contribution is 5.14. The van der Waals surface area contributed by atoms with Crippen molar-refractivity contribution in [1.82, 2.24) is 4.98 Å². The van der Waals surface area contributed by atoms with E-state index in [1.807, 2.05) is 0 Å². The van der Waals surface area contributed by atoms with Gasteiger partial charge in [-0.3, -0.25) is 0 Å². The molecule has 66 valence electrons. The number of hydrogen-bond acceptors (Lipinski definition) is 2. The molecular formula is C9H13FN2. The molecule has 12 heavy (non-hydrogen) atoms. The van der Waals surface area contributed by atoms with Crippen LogP contribution in [0.25, 0.3) is 0 Å². The summed E-state index contributed by atoms with van der Waals surface area (Å²) in [6.07, 6.45) is 3.33. The second-order valence-electron chi connectivity index (χ2n) is 2.81. The van der Waals surface area contributed by atoms with Gasteiger partial charge in [0.2, 0.25) is 5.95 Å². The van der Waals surface area contributed by atoms with Crippen molar-refractivity contribution in [2.75, 3.05) is 0 Å². The van der Waals surface area contributed by atoms with Gasteiger partial charge in [-0.05, 0) is 24.1 Å². The molecule has 0 saturated heterocycles. The van der Waals surface area contributed by atoms with Gasteiger partial charge in [-0.1, -0.05) is 13.3 Å². The maximum absolute atomic E-state index is 12.6. The van der Waals surface area contributed by atoms with E-state index >= 15 is 0 Å². The van der Waals surface area contributed by atoms with Crippen molar-refractivity contribution in [2.45, 2.75) is 25.8 Å². The van der Waals surface area contributed by atoms with Crippen LogP contribution in [-0.2, 0) is 0 Å². The lowest BCUT2D eigenvalue weighted by atomic mass is 10.1. The number of aromatic nitrogens is 1. The Labute approximate surface area is 71.6 Å². The summed E-state index contributed by atoms with van der Waals surface area (Å²) in [6.45, 7) is 2.05. The molecule has 2 nitrogen and oxygen atoms in total. The first-order valence-corrected chi connectivity index (χ1v) is 4.11. The van der Waals surface area contributed by atoms with Gasteiger partial charge in [-0.2, -0.15) is 4.39 Å². The second-order valence-corrected chi connectivity index (χ2v) is 2.81. The van der Waals surface area contributed by atoms with E-state index in [1.165, 1.54) is 12.3 Å². The normalized spacial score (nSPS) is 12.9. The molecule has 2 N–H and O–H groups in total. The molecule has 1 rings (SSSR count). The SMILES string of the molecule is CCC[C@@H](N)c1ccnc(F)c1. The average molecular weight is 168 g/mol. The Morgan fingerprint density at radius 3 is 3.00 bits per heavy atom. The van der Waals surface area contributed by atoms with Gasteiger partial charge in [-0.15, -0.1) is 0 Å². The highest BCUT2D eigenvalue weighted by Gasteiger charge is 2.04. The number of halogens is 1. The van der Waals surface area contributed by atoms with Gasteiger partial charge in [0.25, 0.3) is 0 Å². The molecule has 0 aliphatic carbocycles. The fourth-order valence-corrected chi connectivity index (χ4v) is 1.13. The van der Waals surface area contributed by atoms with E-state index in [2.05, 4.69) is 11.9 Å². The smallest absolute Gasteiger partial charge is 0.213 e. The van der Waals surface area contributed by atoms with Crippen LogP contribution in [-0.4, -0.2) is 4.98 Å². The molecule has 1 aromatic heterocycles. The Morgan fingerprint density at radius 1 is 1.67 bits per heavy atom. The molecule has 0 fully saturated rings. The molecule has 0 saturated carbocycles. The molecule has 3 heteroatoms. The van der Waals surface area contributed by atoms with Gasteiger partial charge in [-0.25, -0.2) is 4.98 Å². The average Bonchev–Trinajstić information content (AvgIpc) is 2.05. The highest BCUT2D eigenvalue weighted by atomic mass is 19.1. The van der Waals surface area contributed by atoms with Gasteiger partial charge < -0.3 is 5.73 Å². The van der Waals surface area contributed by atoms with Crippen LogP contribution in [0.3, 0.4) is 0 Å². The van der Waals surface area contributed by atoms with Gasteiger partial charge in [0, 0.05) is 12.2 Å². The fourth-order valence-electron chi connectivity index (χ4n) is 1.13. The van der Waals surface area contributed by atoms with Crippen LogP contribution in [0.15, 0.2) is 18.3 Å².